The molecule has 0 amide bonds. The van der Waals surface area contributed by atoms with Gasteiger partial charge in [0, 0.05) is 11.1 Å². The molecule has 0 radical (unpaired) electrons. The van der Waals surface area contributed by atoms with Crippen LogP contribution in [0.1, 0.15) is 15.3 Å². The van der Waals surface area contributed by atoms with Crippen molar-refractivity contribution in [2.24, 2.45) is 0 Å². The highest BCUT2D eigenvalue weighted by Crippen LogP contribution is 2.33. The number of aromatic nitrogens is 1. The average molecular weight is 328 g/mol. The molecular formula is C13H14BrNO2S. The molecule has 1 aromatic carbocycles. The number of rotatable bonds is 5. The molecular weight excluding hydrogens is 314 g/mol. The highest BCUT2D eigenvalue weighted by atomic mass is 79.9. The van der Waals surface area contributed by atoms with Crippen molar-refractivity contribution < 1.29 is 9.47 Å². The summed E-state index contributed by atoms with van der Waals surface area (Å²) in [5, 5.41) is 0. The summed E-state index contributed by atoms with van der Waals surface area (Å²) >= 11 is 5.34. The molecule has 5 heteroatoms. The number of methoxy groups -OCH3 is 2. The van der Waals surface area contributed by atoms with Gasteiger partial charge in [0.1, 0.15) is 0 Å². The SMILES string of the molecule is COc1ccc(CC(Br)c2cncs2)cc1OC. The zero-order valence-electron chi connectivity index (χ0n) is 10.2. The first-order valence-corrected chi connectivity index (χ1v) is 7.27. The Kier molecular flexibility index (Phi) is 4.60. The van der Waals surface area contributed by atoms with Crippen molar-refractivity contribution in [3.05, 3.63) is 40.3 Å². The number of alkyl halides is 1. The molecule has 3 nitrogen and oxygen atoms in total. The maximum Gasteiger partial charge on any atom is 0.160 e. The Morgan fingerprint density at radius 3 is 2.67 bits per heavy atom. The molecule has 0 fully saturated rings. The fraction of sp³-hybridized carbons (Fsp3) is 0.308. The Labute approximate surface area is 119 Å². The lowest BCUT2D eigenvalue weighted by molar-refractivity contribution is 0.354. The summed E-state index contributed by atoms with van der Waals surface area (Å²) in [6.07, 6.45) is 2.79. The Hall–Kier alpha value is -1.07. The Balaban J connectivity index is 2.14. The zero-order chi connectivity index (χ0) is 13.0. The monoisotopic (exact) mass is 327 g/mol. The van der Waals surface area contributed by atoms with Gasteiger partial charge in [-0.15, -0.1) is 11.3 Å². The van der Waals surface area contributed by atoms with Crippen LogP contribution in [0.25, 0.3) is 0 Å². The third-order valence-corrected chi connectivity index (χ3v) is 4.63. The van der Waals surface area contributed by atoms with Gasteiger partial charge < -0.3 is 9.47 Å². The second-order valence-corrected chi connectivity index (χ2v) is 5.79. The van der Waals surface area contributed by atoms with Gasteiger partial charge in [0.15, 0.2) is 11.5 Å². The van der Waals surface area contributed by atoms with Crippen molar-refractivity contribution in [2.75, 3.05) is 14.2 Å². The van der Waals surface area contributed by atoms with E-state index in [0.29, 0.717) is 0 Å². The zero-order valence-corrected chi connectivity index (χ0v) is 12.6. The standard InChI is InChI=1S/C13H14BrNO2S/c1-16-11-4-3-9(6-12(11)17-2)5-10(14)13-7-15-8-18-13/h3-4,6-8,10H,5H2,1-2H3. The lowest BCUT2D eigenvalue weighted by Crippen LogP contribution is -1.96. The van der Waals surface area contributed by atoms with E-state index in [-0.39, 0.29) is 4.83 Å². The lowest BCUT2D eigenvalue weighted by Gasteiger charge is -2.11. The molecule has 1 heterocycles. The van der Waals surface area contributed by atoms with Crippen molar-refractivity contribution in [3.63, 3.8) is 0 Å². The number of ether oxygens (including phenoxy) is 2. The Bertz CT molecular complexity index is 502. The minimum absolute atomic E-state index is 0.281. The molecule has 0 aliphatic heterocycles. The van der Waals surface area contributed by atoms with Crippen LogP contribution < -0.4 is 9.47 Å². The molecule has 1 unspecified atom stereocenters. The van der Waals surface area contributed by atoms with Gasteiger partial charge in [-0.25, -0.2) is 0 Å². The summed E-state index contributed by atoms with van der Waals surface area (Å²) in [4.78, 5) is 5.60. The van der Waals surface area contributed by atoms with Gasteiger partial charge in [0.05, 0.1) is 24.6 Å². The maximum absolute atomic E-state index is 5.30. The minimum Gasteiger partial charge on any atom is -0.493 e. The van der Waals surface area contributed by atoms with Gasteiger partial charge in [0.25, 0.3) is 0 Å². The van der Waals surface area contributed by atoms with Crippen LogP contribution in [0.5, 0.6) is 11.5 Å². The van der Waals surface area contributed by atoms with Crippen LogP contribution >= 0.6 is 27.3 Å². The van der Waals surface area contributed by atoms with E-state index in [4.69, 9.17) is 9.47 Å². The van der Waals surface area contributed by atoms with Crippen LogP contribution in [0.15, 0.2) is 29.9 Å². The van der Waals surface area contributed by atoms with Gasteiger partial charge >= 0.3 is 0 Å². The second-order valence-electron chi connectivity index (χ2n) is 3.76. The van der Waals surface area contributed by atoms with Crippen LogP contribution in [0.4, 0.5) is 0 Å². The van der Waals surface area contributed by atoms with E-state index in [1.165, 1.54) is 10.4 Å². The summed E-state index contributed by atoms with van der Waals surface area (Å²) in [5.74, 6) is 1.52. The highest BCUT2D eigenvalue weighted by Gasteiger charge is 2.12. The Morgan fingerprint density at radius 1 is 1.28 bits per heavy atom. The number of halogens is 1. The summed E-state index contributed by atoms with van der Waals surface area (Å²) in [6.45, 7) is 0. The molecule has 0 bridgehead atoms. The van der Waals surface area contributed by atoms with E-state index in [2.05, 4.69) is 27.0 Å². The second kappa shape index (κ2) is 6.20. The molecule has 1 aromatic heterocycles. The van der Waals surface area contributed by atoms with Gasteiger partial charge in [-0.2, -0.15) is 0 Å². The first-order chi connectivity index (χ1) is 8.74. The van der Waals surface area contributed by atoms with Crippen LogP contribution in [0.3, 0.4) is 0 Å². The first kappa shape index (κ1) is 13.4. The van der Waals surface area contributed by atoms with Crippen LogP contribution in [-0.2, 0) is 6.42 Å². The summed E-state index contributed by atoms with van der Waals surface area (Å²) in [6, 6.07) is 5.99. The van der Waals surface area contributed by atoms with E-state index >= 15 is 0 Å². The van der Waals surface area contributed by atoms with Crippen molar-refractivity contribution in [2.45, 2.75) is 11.2 Å². The number of nitrogens with zero attached hydrogens (tertiary/aromatic N) is 1. The van der Waals surface area contributed by atoms with E-state index in [1.54, 1.807) is 25.6 Å². The van der Waals surface area contributed by atoms with Gasteiger partial charge in [0.2, 0.25) is 0 Å². The molecule has 0 saturated carbocycles. The molecule has 2 rings (SSSR count). The fourth-order valence-corrected chi connectivity index (χ4v) is 3.11. The van der Waals surface area contributed by atoms with Gasteiger partial charge in [-0.3, -0.25) is 4.98 Å². The average Bonchev–Trinajstić information content (AvgIpc) is 2.92. The highest BCUT2D eigenvalue weighted by molar-refractivity contribution is 9.09. The maximum atomic E-state index is 5.30. The van der Waals surface area contributed by atoms with E-state index < -0.39 is 0 Å². The van der Waals surface area contributed by atoms with Crippen LogP contribution in [0, 0.1) is 0 Å². The molecule has 0 aliphatic rings. The molecule has 96 valence electrons. The quantitative estimate of drug-likeness (QED) is 0.782. The number of hydrogen-bond acceptors (Lipinski definition) is 4. The fourth-order valence-electron chi connectivity index (χ4n) is 1.70. The van der Waals surface area contributed by atoms with E-state index in [1.807, 2.05) is 23.8 Å². The molecule has 1 atom stereocenters. The molecule has 0 aliphatic carbocycles. The first-order valence-electron chi connectivity index (χ1n) is 5.48. The number of thiazole rings is 1. The normalized spacial score (nSPS) is 12.2. The van der Waals surface area contributed by atoms with Crippen LogP contribution in [0.2, 0.25) is 0 Å². The van der Waals surface area contributed by atoms with Crippen LogP contribution in [-0.4, -0.2) is 19.2 Å². The molecule has 0 N–H and O–H groups in total. The van der Waals surface area contributed by atoms with Crippen molar-refractivity contribution in [1.82, 2.24) is 4.98 Å². The summed E-state index contributed by atoms with van der Waals surface area (Å²) < 4.78 is 10.5. The van der Waals surface area contributed by atoms with Gasteiger partial charge in [-0.1, -0.05) is 22.0 Å². The van der Waals surface area contributed by atoms with E-state index in [9.17, 15) is 0 Å². The Morgan fingerprint density at radius 2 is 2.06 bits per heavy atom. The molecule has 2 aromatic rings. The lowest BCUT2D eigenvalue weighted by atomic mass is 10.1. The topological polar surface area (TPSA) is 31.4 Å². The predicted octanol–water partition coefficient (Wildman–Crippen LogP) is 3.84. The van der Waals surface area contributed by atoms with Gasteiger partial charge in [-0.05, 0) is 24.1 Å². The smallest absolute Gasteiger partial charge is 0.160 e. The predicted molar refractivity (Wildman–Crippen MR) is 77.0 cm³/mol. The third-order valence-electron chi connectivity index (χ3n) is 2.62. The summed E-state index contributed by atoms with van der Waals surface area (Å²) in [7, 11) is 3.29. The number of benzene rings is 1. The van der Waals surface area contributed by atoms with Crippen molar-refractivity contribution in [3.8, 4) is 11.5 Å². The largest absolute Gasteiger partial charge is 0.493 e. The van der Waals surface area contributed by atoms with Crippen molar-refractivity contribution in [1.29, 1.82) is 0 Å². The summed E-state index contributed by atoms with van der Waals surface area (Å²) in [5.41, 5.74) is 3.04. The third kappa shape index (κ3) is 3.03. The molecule has 0 saturated heterocycles. The minimum atomic E-state index is 0.281. The van der Waals surface area contributed by atoms with Crippen molar-refractivity contribution >= 4 is 27.3 Å². The van der Waals surface area contributed by atoms with E-state index in [0.717, 1.165) is 17.9 Å². The molecule has 18 heavy (non-hydrogen) atoms. The molecule has 0 spiro atoms. The number of hydrogen-bond donors (Lipinski definition) is 0.